The van der Waals surface area contributed by atoms with Crippen LogP contribution < -0.4 is 0 Å². The molecule has 3 heteroatoms. The summed E-state index contributed by atoms with van der Waals surface area (Å²) < 4.78 is 6.24. The maximum Gasteiger partial charge on any atom is 0.136 e. The average Bonchev–Trinajstić information content (AvgIpc) is 2.61. The number of fused-ring (bicyclic) bond motifs is 2. The lowest BCUT2D eigenvalue weighted by Gasteiger charge is -2.59. The first-order valence-corrected chi connectivity index (χ1v) is 8.04. The Hall–Kier alpha value is -0.120. The fourth-order valence-electron chi connectivity index (χ4n) is 5.42. The van der Waals surface area contributed by atoms with Crippen molar-refractivity contribution in [1.82, 2.24) is 0 Å². The summed E-state index contributed by atoms with van der Waals surface area (Å²) in [6.45, 7) is 7.82. The van der Waals surface area contributed by atoms with Gasteiger partial charge in [-0.15, -0.1) is 0 Å². The summed E-state index contributed by atoms with van der Waals surface area (Å²) >= 11 is 0. The van der Waals surface area contributed by atoms with E-state index in [0.717, 1.165) is 25.4 Å². The van der Waals surface area contributed by atoms with Crippen LogP contribution in [0.25, 0.3) is 0 Å². The third-order valence-corrected chi connectivity index (χ3v) is 6.52. The van der Waals surface area contributed by atoms with E-state index in [0.29, 0.717) is 17.8 Å². The van der Waals surface area contributed by atoms with Crippen LogP contribution in [0.3, 0.4) is 0 Å². The van der Waals surface area contributed by atoms with Crippen molar-refractivity contribution in [3.05, 3.63) is 0 Å². The van der Waals surface area contributed by atoms with Crippen LogP contribution in [-0.2, 0) is 14.5 Å². The topological polar surface area (TPSA) is 27.7 Å². The fraction of sp³-hybridized carbons (Fsp3) is 1.00. The molecule has 0 amide bonds. The first-order valence-electron chi connectivity index (χ1n) is 8.04. The van der Waals surface area contributed by atoms with Crippen LogP contribution in [-0.4, -0.2) is 23.9 Å². The Labute approximate surface area is 115 Å². The van der Waals surface area contributed by atoms with Gasteiger partial charge in [-0.25, -0.2) is 9.78 Å². The quantitative estimate of drug-likeness (QED) is 0.629. The molecule has 5 fully saturated rings. The highest BCUT2D eigenvalue weighted by molar-refractivity contribution is 5.12. The van der Waals surface area contributed by atoms with E-state index in [1.807, 2.05) is 0 Å². The van der Waals surface area contributed by atoms with Crippen molar-refractivity contribution >= 4 is 0 Å². The van der Waals surface area contributed by atoms with Gasteiger partial charge in [-0.1, -0.05) is 13.8 Å². The molecule has 3 aliphatic heterocycles. The molecule has 0 aromatic rings. The van der Waals surface area contributed by atoms with Gasteiger partial charge in [-0.05, 0) is 56.3 Å². The molecule has 3 saturated heterocycles. The molecule has 3 heterocycles. The van der Waals surface area contributed by atoms with E-state index >= 15 is 0 Å². The monoisotopic (exact) mass is 266 g/mol. The molecule has 5 aliphatic rings. The summed E-state index contributed by atoms with van der Waals surface area (Å²) in [4.78, 5) is 12.1. The van der Waals surface area contributed by atoms with Crippen molar-refractivity contribution < 1.29 is 14.5 Å². The van der Waals surface area contributed by atoms with Gasteiger partial charge in [0.05, 0.1) is 12.7 Å². The van der Waals surface area contributed by atoms with Crippen LogP contribution in [0.15, 0.2) is 0 Å². The van der Waals surface area contributed by atoms with Crippen molar-refractivity contribution in [1.29, 1.82) is 0 Å². The number of hydrogen-bond donors (Lipinski definition) is 0. The van der Waals surface area contributed by atoms with Gasteiger partial charge in [-0.2, -0.15) is 0 Å². The number of ether oxygens (including phenoxy) is 1. The molecule has 0 aromatic carbocycles. The minimum absolute atomic E-state index is 0.127. The SMILES string of the molecule is C[C@@H]1CC[C@@H]2[C@@H](C)CO[C@@H]3C[C@]4(C)CC[C@@H]1[C@]23OO4. The molecule has 0 N–H and O–H groups in total. The smallest absolute Gasteiger partial charge is 0.136 e. The maximum atomic E-state index is 6.24. The first kappa shape index (κ1) is 12.6. The molecule has 2 saturated carbocycles. The van der Waals surface area contributed by atoms with E-state index in [-0.39, 0.29) is 17.3 Å². The van der Waals surface area contributed by atoms with Crippen molar-refractivity contribution in [2.45, 2.75) is 70.2 Å². The third kappa shape index (κ3) is 1.55. The lowest BCUT2D eigenvalue weighted by molar-refractivity contribution is -0.483. The zero-order valence-electron chi connectivity index (χ0n) is 12.4. The minimum Gasteiger partial charge on any atom is -0.375 e. The van der Waals surface area contributed by atoms with Gasteiger partial charge in [0, 0.05) is 6.42 Å². The normalized spacial score (nSPS) is 60.5. The molecule has 3 nitrogen and oxygen atoms in total. The predicted octanol–water partition coefficient (Wildman–Crippen LogP) is 3.33. The zero-order chi connectivity index (χ0) is 13.3. The molecule has 0 radical (unpaired) electrons. The van der Waals surface area contributed by atoms with Crippen LogP contribution in [0.1, 0.15) is 52.9 Å². The second-order valence-electron chi connectivity index (χ2n) is 7.78. The largest absolute Gasteiger partial charge is 0.375 e. The summed E-state index contributed by atoms with van der Waals surface area (Å²) in [6, 6.07) is 0. The average molecular weight is 266 g/mol. The Balaban J connectivity index is 1.81. The molecule has 7 atom stereocenters. The summed E-state index contributed by atoms with van der Waals surface area (Å²) in [5.74, 6) is 2.56. The van der Waals surface area contributed by atoms with Crippen LogP contribution in [0.4, 0.5) is 0 Å². The Kier molecular flexibility index (Phi) is 2.63. The van der Waals surface area contributed by atoms with Gasteiger partial charge in [0.2, 0.25) is 0 Å². The Morgan fingerprint density at radius 1 is 0.947 bits per heavy atom. The summed E-state index contributed by atoms with van der Waals surface area (Å²) in [7, 11) is 0. The molecular formula is C16H26O3. The highest BCUT2D eigenvalue weighted by Gasteiger charge is 2.66. The Morgan fingerprint density at radius 3 is 2.58 bits per heavy atom. The van der Waals surface area contributed by atoms with Gasteiger partial charge < -0.3 is 4.74 Å². The molecule has 2 bridgehead atoms. The zero-order valence-corrected chi connectivity index (χ0v) is 12.4. The van der Waals surface area contributed by atoms with E-state index in [2.05, 4.69) is 20.8 Å². The number of rotatable bonds is 0. The van der Waals surface area contributed by atoms with Crippen LogP contribution in [0.2, 0.25) is 0 Å². The van der Waals surface area contributed by atoms with Gasteiger partial charge in [0.15, 0.2) is 0 Å². The van der Waals surface area contributed by atoms with E-state index in [9.17, 15) is 0 Å². The third-order valence-electron chi connectivity index (χ3n) is 6.52. The van der Waals surface area contributed by atoms with Crippen LogP contribution >= 0.6 is 0 Å². The van der Waals surface area contributed by atoms with E-state index < -0.39 is 0 Å². The fourth-order valence-corrected chi connectivity index (χ4v) is 5.42. The Morgan fingerprint density at radius 2 is 1.74 bits per heavy atom. The second kappa shape index (κ2) is 3.96. The van der Waals surface area contributed by atoms with Gasteiger partial charge in [0.25, 0.3) is 0 Å². The maximum absolute atomic E-state index is 6.24. The highest BCUT2D eigenvalue weighted by Crippen LogP contribution is 2.60. The summed E-state index contributed by atoms with van der Waals surface area (Å²) in [5.41, 5.74) is -0.274. The predicted molar refractivity (Wildman–Crippen MR) is 71.4 cm³/mol. The molecule has 5 rings (SSSR count). The van der Waals surface area contributed by atoms with Crippen LogP contribution in [0.5, 0.6) is 0 Å². The molecule has 1 spiro atoms. The van der Waals surface area contributed by atoms with E-state index in [1.165, 1.54) is 19.3 Å². The molecule has 0 unspecified atom stereocenters. The molecular weight excluding hydrogens is 240 g/mol. The first-order chi connectivity index (χ1) is 9.05. The van der Waals surface area contributed by atoms with E-state index in [1.54, 1.807) is 0 Å². The lowest BCUT2D eigenvalue weighted by Crippen LogP contribution is -2.67. The number of hydrogen-bond acceptors (Lipinski definition) is 3. The van der Waals surface area contributed by atoms with E-state index in [4.69, 9.17) is 14.5 Å². The van der Waals surface area contributed by atoms with Gasteiger partial charge in [-0.3, -0.25) is 0 Å². The highest BCUT2D eigenvalue weighted by atomic mass is 17.2. The van der Waals surface area contributed by atoms with Gasteiger partial charge in [0.1, 0.15) is 11.2 Å². The lowest BCUT2D eigenvalue weighted by atomic mass is 9.57. The molecule has 108 valence electrons. The molecule has 2 aliphatic carbocycles. The molecule has 0 aromatic heterocycles. The minimum atomic E-state index is -0.147. The second-order valence-corrected chi connectivity index (χ2v) is 7.78. The van der Waals surface area contributed by atoms with Gasteiger partial charge >= 0.3 is 0 Å². The van der Waals surface area contributed by atoms with Crippen LogP contribution in [0, 0.1) is 23.7 Å². The summed E-state index contributed by atoms with van der Waals surface area (Å²) in [6.07, 6.45) is 6.24. The van der Waals surface area contributed by atoms with Crippen molar-refractivity contribution in [2.24, 2.45) is 23.7 Å². The Bertz CT molecular complexity index is 384. The summed E-state index contributed by atoms with van der Waals surface area (Å²) in [5, 5.41) is 0. The van der Waals surface area contributed by atoms with Crippen molar-refractivity contribution in [2.75, 3.05) is 6.61 Å². The van der Waals surface area contributed by atoms with Crippen molar-refractivity contribution in [3.8, 4) is 0 Å². The molecule has 19 heavy (non-hydrogen) atoms. The standard InChI is InChI=1S/C16H26O3/c1-10-4-5-12-11(2)9-17-14-8-15(3)7-6-13(10)16(12,14)19-18-15/h10-14H,4-9H2,1-3H3/t10-,11+,12-,13+,14-,15+,16-/m1/s1. The van der Waals surface area contributed by atoms with Crippen molar-refractivity contribution in [3.63, 3.8) is 0 Å².